The third-order valence-electron chi connectivity index (χ3n) is 4.69. The number of benzene rings is 1. The Bertz CT molecular complexity index is 527. The molecule has 1 unspecified atom stereocenters. The highest BCUT2D eigenvalue weighted by Crippen LogP contribution is 2.42. The molecular formula is C17H25ClF2N2O2. The van der Waals surface area contributed by atoms with Gasteiger partial charge in [-0.05, 0) is 25.0 Å². The summed E-state index contributed by atoms with van der Waals surface area (Å²) >= 11 is 0. The quantitative estimate of drug-likeness (QED) is 0.783. The van der Waals surface area contributed by atoms with E-state index in [9.17, 15) is 13.6 Å². The Kier molecular flexibility index (Phi) is 8.06. The maximum atomic E-state index is 14.2. The van der Waals surface area contributed by atoms with Gasteiger partial charge in [0.1, 0.15) is 11.6 Å². The van der Waals surface area contributed by atoms with Gasteiger partial charge in [-0.1, -0.05) is 18.9 Å². The van der Waals surface area contributed by atoms with E-state index in [0.717, 1.165) is 12.8 Å². The van der Waals surface area contributed by atoms with Crippen LogP contribution in [0, 0.1) is 11.6 Å². The lowest BCUT2D eigenvalue weighted by atomic mass is 9.78. The molecule has 0 heterocycles. The third-order valence-corrected chi connectivity index (χ3v) is 4.69. The topological polar surface area (TPSA) is 64.3 Å². The number of methoxy groups -OCH3 is 1. The van der Waals surface area contributed by atoms with E-state index in [1.54, 1.807) is 0 Å². The monoisotopic (exact) mass is 362 g/mol. The van der Waals surface area contributed by atoms with Gasteiger partial charge in [-0.25, -0.2) is 8.78 Å². The molecule has 1 aliphatic carbocycles. The van der Waals surface area contributed by atoms with Crippen molar-refractivity contribution in [2.75, 3.05) is 20.2 Å². The Morgan fingerprint density at radius 2 is 1.92 bits per heavy atom. The molecule has 3 N–H and O–H groups in total. The molecule has 2 rings (SSSR count). The van der Waals surface area contributed by atoms with Gasteiger partial charge >= 0.3 is 0 Å². The summed E-state index contributed by atoms with van der Waals surface area (Å²) in [5, 5.41) is 2.81. The number of carbonyl (C=O) groups excluding carboxylic acids is 1. The van der Waals surface area contributed by atoms with E-state index >= 15 is 0 Å². The fraction of sp³-hybridized carbons (Fsp3) is 0.588. The number of nitrogens with one attached hydrogen (secondary N) is 1. The number of carbonyl (C=O) groups is 1. The van der Waals surface area contributed by atoms with Crippen LogP contribution < -0.4 is 11.1 Å². The summed E-state index contributed by atoms with van der Waals surface area (Å²) in [7, 11) is 1.50. The smallest absolute Gasteiger partial charge is 0.222 e. The van der Waals surface area contributed by atoms with Crippen molar-refractivity contribution in [1.29, 1.82) is 0 Å². The summed E-state index contributed by atoms with van der Waals surface area (Å²) in [6.45, 7) is 0.474. The normalized spacial score (nSPS) is 17.2. The molecule has 0 spiro atoms. The van der Waals surface area contributed by atoms with Crippen LogP contribution in [0.2, 0.25) is 0 Å². The number of ether oxygens (including phenoxy) is 1. The number of hydrogen-bond acceptors (Lipinski definition) is 3. The van der Waals surface area contributed by atoms with Gasteiger partial charge < -0.3 is 15.8 Å². The van der Waals surface area contributed by atoms with Crippen molar-refractivity contribution in [2.24, 2.45) is 5.73 Å². The highest BCUT2D eigenvalue weighted by Gasteiger charge is 2.40. The van der Waals surface area contributed by atoms with Gasteiger partial charge in [-0.2, -0.15) is 0 Å². The van der Waals surface area contributed by atoms with Crippen LogP contribution in [-0.4, -0.2) is 32.2 Å². The second-order valence-electron chi connectivity index (χ2n) is 6.16. The van der Waals surface area contributed by atoms with Crippen molar-refractivity contribution in [1.82, 2.24) is 5.32 Å². The fourth-order valence-corrected chi connectivity index (χ4v) is 3.38. The molecule has 1 fully saturated rings. The van der Waals surface area contributed by atoms with Crippen molar-refractivity contribution in [3.05, 3.63) is 35.4 Å². The van der Waals surface area contributed by atoms with Gasteiger partial charge in [0, 0.05) is 31.2 Å². The minimum absolute atomic E-state index is 0. The van der Waals surface area contributed by atoms with Crippen LogP contribution in [0.5, 0.6) is 0 Å². The van der Waals surface area contributed by atoms with Crippen LogP contribution in [0.4, 0.5) is 8.78 Å². The Hall–Kier alpha value is -1.24. The zero-order chi connectivity index (χ0) is 16.9. The fourth-order valence-electron chi connectivity index (χ4n) is 3.38. The molecule has 0 aliphatic heterocycles. The van der Waals surface area contributed by atoms with E-state index < -0.39 is 17.0 Å². The molecule has 1 amide bonds. The average molecular weight is 363 g/mol. The molecule has 0 aromatic heterocycles. The van der Waals surface area contributed by atoms with E-state index in [2.05, 4.69) is 5.32 Å². The predicted molar refractivity (Wildman–Crippen MR) is 91.2 cm³/mol. The Morgan fingerprint density at radius 3 is 2.42 bits per heavy atom. The van der Waals surface area contributed by atoms with E-state index in [1.165, 1.54) is 25.3 Å². The van der Waals surface area contributed by atoms with Crippen molar-refractivity contribution in [3.8, 4) is 0 Å². The number of nitrogens with two attached hydrogens (primary N) is 1. The van der Waals surface area contributed by atoms with Crippen molar-refractivity contribution < 1.29 is 18.3 Å². The summed E-state index contributed by atoms with van der Waals surface area (Å²) in [5.74, 6) is -1.30. The van der Waals surface area contributed by atoms with Gasteiger partial charge in [-0.15, -0.1) is 12.4 Å². The molecule has 0 saturated heterocycles. The highest BCUT2D eigenvalue weighted by molar-refractivity contribution is 5.85. The van der Waals surface area contributed by atoms with Gasteiger partial charge in [0.25, 0.3) is 0 Å². The Morgan fingerprint density at radius 1 is 1.33 bits per heavy atom. The van der Waals surface area contributed by atoms with Gasteiger partial charge in [0.05, 0.1) is 12.5 Å². The lowest BCUT2D eigenvalue weighted by molar-refractivity contribution is -0.123. The van der Waals surface area contributed by atoms with Crippen LogP contribution in [0.25, 0.3) is 0 Å². The molecule has 24 heavy (non-hydrogen) atoms. The second kappa shape index (κ2) is 9.30. The first-order valence-corrected chi connectivity index (χ1v) is 7.96. The van der Waals surface area contributed by atoms with Crippen LogP contribution in [0.1, 0.15) is 37.7 Å². The van der Waals surface area contributed by atoms with Crippen LogP contribution in [-0.2, 0) is 14.9 Å². The maximum Gasteiger partial charge on any atom is 0.222 e. The third kappa shape index (κ3) is 4.65. The average Bonchev–Trinajstić information content (AvgIpc) is 3.00. The molecule has 4 nitrogen and oxygen atoms in total. The SMILES string of the molecule is COC(CN)CC(=O)NCC1(c2c(F)cccc2F)CCCC1.Cl. The number of halogens is 3. The molecule has 7 heteroatoms. The zero-order valence-corrected chi connectivity index (χ0v) is 14.6. The first-order chi connectivity index (χ1) is 11.0. The minimum Gasteiger partial charge on any atom is -0.380 e. The first kappa shape index (κ1) is 20.8. The van der Waals surface area contributed by atoms with Crippen LogP contribution in [0.3, 0.4) is 0 Å². The van der Waals surface area contributed by atoms with Gasteiger partial charge in [0.15, 0.2) is 0 Å². The highest BCUT2D eigenvalue weighted by atomic mass is 35.5. The van der Waals surface area contributed by atoms with Crippen molar-refractivity contribution >= 4 is 18.3 Å². The number of amides is 1. The zero-order valence-electron chi connectivity index (χ0n) is 13.8. The molecule has 0 radical (unpaired) electrons. The number of hydrogen-bond donors (Lipinski definition) is 2. The molecule has 1 aromatic rings. The predicted octanol–water partition coefficient (Wildman–Crippen LogP) is 2.68. The molecule has 1 aromatic carbocycles. The summed E-state index contributed by atoms with van der Waals surface area (Å²) in [6, 6.07) is 3.91. The van der Waals surface area contributed by atoms with Crippen molar-refractivity contribution in [2.45, 2.75) is 43.6 Å². The van der Waals surface area contributed by atoms with E-state index in [-0.39, 0.29) is 49.5 Å². The lowest BCUT2D eigenvalue weighted by Gasteiger charge is -2.31. The minimum atomic E-state index is -0.670. The largest absolute Gasteiger partial charge is 0.380 e. The maximum absolute atomic E-state index is 14.2. The molecule has 0 bridgehead atoms. The van der Waals surface area contributed by atoms with Crippen LogP contribution in [0.15, 0.2) is 18.2 Å². The summed E-state index contributed by atoms with van der Waals surface area (Å²) in [5.41, 5.74) is 4.93. The molecular weight excluding hydrogens is 338 g/mol. The van der Waals surface area contributed by atoms with E-state index in [0.29, 0.717) is 12.8 Å². The van der Waals surface area contributed by atoms with Crippen LogP contribution >= 0.6 is 12.4 Å². The first-order valence-electron chi connectivity index (χ1n) is 7.96. The summed E-state index contributed by atoms with van der Waals surface area (Å²) < 4.78 is 33.5. The lowest BCUT2D eigenvalue weighted by Crippen LogP contribution is -2.41. The summed E-state index contributed by atoms with van der Waals surface area (Å²) in [6.07, 6.45) is 2.91. The molecule has 1 aliphatic rings. The Balaban J connectivity index is 0.00000288. The Labute approximate surface area is 147 Å². The van der Waals surface area contributed by atoms with E-state index in [1.807, 2.05) is 0 Å². The molecule has 136 valence electrons. The standard InChI is InChI=1S/C17H24F2N2O2.ClH/c1-23-12(10-20)9-15(22)21-11-17(7-2-3-8-17)16-13(18)5-4-6-14(16)19;/h4-6,12H,2-3,7-11,20H2,1H3,(H,21,22);1H. The molecule has 1 atom stereocenters. The van der Waals surface area contributed by atoms with Gasteiger partial charge in [0.2, 0.25) is 5.91 Å². The van der Waals surface area contributed by atoms with E-state index in [4.69, 9.17) is 10.5 Å². The van der Waals surface area contributed by atoms with Crippen molar-refractivity contribution in [3.63, 3.8) is 0 Å². The van der Waals surface area contributed by atoms with Gasteiger partial charge in [-0.3, -0.25) is 4.79 Å². The molecule has 1 saturated carbocycles. The summed E-state index contributed by atoms with van der Waals surface area (Å²) in [4.78, 5) is 12.0. The second-order valence-corrected chi connectivity index (χ2v) is 6.16. The number of rotatable bonds is 7.